The average molecular weight is 296 g/mol. The van der Waals surface area contributed by atoms with Gasteiger partial charge in [-0.2, -0.15) is 9.97 Å². The maximum atomic E-state index is 9.77. The molecule has 0 atom stereocenters. The van der Waals surface area contributed by atoms with Crippen molar-refractivity contribution in [2.24, 2.45) is 0 Å². The van der Waals surface area contributed by atoms with Crippen LogP contribution in [0.2, 0.25) is 0 Å². The molecule has 3 aromatic rings. The highest BCUT2D eigenvalue weighted by Gasteiger charge is 2.14. The van der Waals surface area contributed by atoms with Crippen LogP contribution in [0, 0.1) is 0 Å². The minimum absolute atomic E-state index is 0.0632. The van der Waals surface area contributed by atoms with Crippen LogP contribution in [0.3, 0.4) is 0 Å². The quantitative estimate of drug-likeness (QED) is 0.723. The third-order valence-corrected chi connectivity index (χ3v) is 3.16. The number of hydrogen-bond donors (Lipinski definition) is 2. The van der Waals surface area contributed by atoms with Crippen molar-refractivity contribution in [2.45, 2.75) is 20.0 Å². The molecule has 112 valence electrons. The number of benzene rings is 2. The summed E-state index contributed by atoms with van der Waals surface area (Å²) in [6.07, 6.45) is -0.0632. The molecule has 5 nitrogen and oxygen atoms in total. The monoisotopic (exact) mass is 296 g/mol. The number of fused-ring (bicyclic) bond motifs is 1. The average Bonchev–Trinajstić information content (AvgIpc) is 2.48. The van der Waals surface area contributed by atoms with Gasteiger partial charge in [0.1, 0.15) is 0 Å². The van der Waals surface area contributed by atoms with E-state index in [0.717, 1.165) is 5.56 Å². The second-order valence-corrected chi connectivity index (χ2v) is 5.25. The number of nitrogens with zero attached hydrogens (tertiary/aromatic N) is 2. The third-order valence-electron chi connectivity index (χ3n) is 3.16. The standard InChI is InChI=1S/C17H16N2O3/c1-10(2)22-17-18-13-9-15(21)14(20)8-12(13)16(19-17)11-6-4-3-5-7-11/h3-10,20-21H,1-2H3. The van der Waals surface area contributed by atoms with E-state index in [1.807, 2.05) is 44.2 Å². The molecule has 0 spiro atoms. The van der Waals surface area contributed by atoms with Gasteiger partial charge < -0.3 is 14.9 Å². The van der Waals surface area contributed by atoms with Gasteiger partial charge in [0, 0.05) is 17.0 Å². The number of aromatic hydroxyl groups is 2. The van der Waals surface area contributed by atoms with Gasteiger partial charge in [0.05, 0.1) is 17.3 Å². The van der Waals surface area contributed by atoms with Gasteiger partial charge in [-0.25, -0.2) is 0 Å². The van der Waals surface area contributed by atoms with Crippen LogP contribution in [0.15, 0.2) is 42.5 Å². The Morgan fingerprint density at radius 1 is 0.955 bits per heavy atom. The van der Waals surface area contributed by atoms with Crippen molar-refractivity contribution < 1.29 is 14.9 Å². The third kappa shape index (κ3) is 2.65. The predicted molar refractivity (Wildman–Crippen MR) is 84.1 cm³/mol. The Bertz CT molecular complexity index is 817. The first-order chi connectivity index (χ1) is 10.5. The minimum atomic E-state index is -0.222. The lowest BCUT2D eigenvalue weighted by molar-refractivity contribution is 0.223. The van der Waals surface area contributed by atoms with Crippen molar-refractivity contribution in [3.8, 4) is 28.8 Å². The SMILES string of the molecule is CC(C)Oc1nc(-c2ccccc2)c2cc(O)c(O)cc2n1. The highest BCUT2D eigenvalue weighted by Crippen LogP contribution is 2.35. The molecule has 0 aliphatic carbocycles. The summed E-state index contributed by atoms with van der Waals surface area (Å²) in [5, 5.41) is 20.1. The Morgan fingerprint density at radius 3 is 2.32 bits per heavy atom. The summed E-state index contributed by atoms with van der Waals surface area (Å²) in [4.78, 5) is 8.76. The highest BCUT2D eigenvalue weighted by atomic mass is 16.5. The Labute approximate surface area is 127 Å². The molecule has 0 unspecified atom stereocenters. The zero-order valence-corrected chi connectivity index (χ0v) is 12.3. The second kappa shape index (κ2) is 5.52. The molecule has 22 heavy (non-hydrogen) atoms. The summed E-state index contributed by atoms with van der Waals surface area (Å²) >= 11 is 0. The van der Waals surface area contributed by atoms with Crippen LogP contribution in [0.25, 0.3) is 22.2 Å². The van der Waals surface area contributed by atoms with Gasteiger partial charge in [-0.1, -0.05) is 30.3 Å². The van der Waals surface area contributed by atoms with Gasteiger partial charge >= 0.3 is 6.01 Å². The summed E-state index contributed by atoms with van der Waals surface area (Å²) in [5.74, 6) is -0.425. The molecule has 0 saturated carbocycles. The molecule has 0 fully saturated rings. The van der Waals surface area contributed by atoms with Crippen molar-refractivity contribution in [3.05, 3.63) is 42.5 Å². The molecule has 3 rings (SSSR count). The summed E-state index contributed by atoms with van der Waals surface area (Å²) in [7, 11) is 0. The number of phenols is 2. The zero-order chi connectivity index (χ0) is 15.7. The van der Waals surface area contributed by atoms with E-state index in [0.29, 0.717) is 16.6 Å². The Kier molecular flexibility index (Phi) is 3.55. The van der Waals surface area contributed by atoms with Gasteiger partial charge in [-0.3, -0.25) is 0 Å². The van der Waals surface area contributed by atoms with Crippen molar-refractivity contribution in [1.29, 1.82) is 0 Å². The molecule has 0 aliphatic heterocycles. The van der Waals surface area contributed by atoms with E-state index in [-0.39, 0.29) is 23.6 Å². The number of phenolic OH excluding ortho intramolecular Hbond substituents is 2. The summed E-state index contributed by atoms with van der Waals surface area (Å²) in [6.45, 7) is 3.79. The van der Waals surface area contributed by atoms with Gasteiger partial charge in [0.2, 0.25) is 0 Å². The Hall–Kier alpha value is -2.82. The van der Waals surface area contributed by atoms with E-state index in [9.17, 15) is 10.2 Å². The molecule has 2 N–H and O–H groups in total. The molecule has 1 heterocycles. The maximum absolute atomic E-state index is 9.77. The molecular weight excluding hydrogens is 280 g/mol. The molecule has 0 radical (unpaired) electrons. The fraction of sp³-hybridized carbons (Fsp3) is 0.176. The van der Waals surface area contributed by atoms with Crippen LogP contribution in [-0.2, 0) is 0 Å². The second-order valence-electron chi connectivity index (χ2n) is 5.25. The fourth-order valence-electron chi connectivity index (χ4n) is 2.21. The summed E-state index contributed by atoms with van der Waals surface area (Å²) in [6, 6.07) is 12.7. The number of hydrogen-bond acceptors (Lipinski definition) is 5. The first-order valence-corrected chi connectivity index (χ1v) is 7.00. The van der Waals surface area contributed by atoms with Gasteiger partial charge in [0.25, 0.3) is 0 Å². The normalized spacial score (nSPS) is 11.0. The number of ether oxygens (including phenoxy) is 1. The van der Waals surface area contributed by atoms with Crippen LogP contribution in [-0.4, -0.2) is 26.3 Å². The molecule has 0 bridgehead atoms. The number of rotatable bonds is 3. The molecule has 5 heteroatoms. The topological polar surface area (TPSA) is 75.5 Å². The van der Waals surface area contributed by atoms with Crippen LogP contribution in [0.1, 0.15) is 13.8 Å². The van der Waals surface area contributed by atoms with Crippen LogP contribution < -0.4 is 4.74 Å². The fourth-order valence-corrected chi connectivity index (χ4v) is 2.21. The molecule has 1 aromatic heterocycles. The predicted octanol–water partition coefficient (Wildman–Crippen LogP) is 3.50. The minimum Gasteiger partial charge on any atom is -0.504 e. The Balaban J connectivity index is 2.29. The maximum Gasteiger partial charge on any atom is 0.317 e. The van der Waals surface area contributed by atoms with E-state index in [1.54, 1.807) is 0 Å². The van der Waals surface area contributed by atoms with Crippen LogP contribution >= 0.6 is 0 Å². The van der Waals surface area contributed by atoms with E-state index in [1.165, 1.54) is 12.1 Å². The van der Waals surface area contributed by atoms with Crippen LogP contribution in [0.4, 0.5) is 0 Å². The van der Waals surface area contributed by atoms with Crippen LogP contribution in [0.5, 0.6) is 17.5 Å². The summed E-state index contributed by atoms with van der Waals surface area (Å²) in [5.41, 5.74) is 2.05. The highest BCUT2D eigenvalue weighted by molar-refractivity contribution is 5.94. The van der Waals surface area contributed by atoms with Crippen molar-refractivity contribution in [1.82, 2.24) is 9.97 Å². The molecule has 2 aromatic carbocycles. The van der Waals surface area contributed by atoms with Gasteiger partial charge in [-0.05, 0) is 19.9 Å². The van der Waals surface area contributed by atoms with E-state index >= 15 is 0 Å². The lowest BCUT2D eigenvalue weighted by Crippen LogP contribution is -2.09. The van der Waals surface area contributed by atoms with Crippen molar-refractivity contribution in [3.63, 3.8) is 0 Å². The largest absolute Gasteiger partial charge is 0.504 e. The zero-order valence-electron chi connectivity index (χ0n) is 12.3. The molecule has 0 saturated heterocycles. The molecule has 0 amide bonds. The van der Waals surface area contributed by atoms with Gasteiger partial charge in [0.15, 0.2) is 11.5 Å². The van der Waals surface area contributed by atoms with E-state index < -0.39 is 0 Å². The van der Waals surface area contributed by atoms with Crippen molar-refractivity contribution >= 4 is 10.9 Å². The smallest absolute Gasteiger partial charge is 0.317 e. The lowest BCUT2D eigenvalue weighted by Gasteiger charge is -2.12. The van der Waals surface area contributed by atoms with Crippen molar-refractivity contribution in [2.75, 3.05) is 0 Å². The van der Waals surface area contributed by atoms with E-state index in [4.69, 9.17) is 4.74 Å². The first kappa shape index (κ1) is 14.1. The van der Waals surface area contributed by atoms with E-state index in [2.05, 4.69) is 9.97 Å². The first-order valence-electron chi connectivity index (χ1n) is 7.00. The van der Waals surface area contributed by atoms with Gasteiger partial charge in [-0.15, -0.1) is 0 Å². The molecule has 0 aliphatic rings. The summed E-state index contributed by atoms with van der Waals surface area (Å²) < 4.78 is 5.59. The molecular formula is C17H16N2O3. The Morgan fingerprint density at radius 2 is 1.64 bits per heavy atom. The lowest BCUT2D eigenvalue weighted by atomic mass is 10.1. The number of aromatic nitrogens is 2.